The molecule has 0 unspecified atom stereocenters. The zero-order valence-electron chi connectivity index (χ0n) is 19.7. The van der Waals surface area contributed by atoms with E-state index in [4.69, 9.17) is 11.6 Å². The molecule has 1 amide bonds. The average Bonchev–Trinajstić information content (AvgIpc) is 3.75. The standard InChI is InChI=1S/C27H33ClN4OS/c28-22-5-1-17(2-6-22)15-31(27-12-18-9-19(13-27)11-20(10-18)14-27)24(33)16-34-26-30-29-25(21-3-4-21)32(26)23-7-8-23/h1-2,5-6,18-21,23H,3-4,7-16H2. The van der Waals surface area contributed by atoms with Gasteiger partial charge in [-0.1, -0.05) is 35.5 Å². The van der Waals surface area contributed by atoms with E-state index in [1.807, 2.05) is 12.1 Å². The third kappa shape index (κ3) is 3.99. The molecule has 6 aliphatic carbocycles. The van der Waals surface area contributed by atoms with Gasteiger partial charge in [0.25, 0.3) is 0 Å². The molecular weight excluding hydrogens is 464 g/mol. The van der Waals surface area contributed by atoms with Gasteiger partial charge >= 0.3 is 0 Å². The van der Waals surface area contributed by atoms with Crippen LogP contribution in [0.5, 0.6) is 0 Å². The number of halogens is 1. The van der Waals surface area contributed by atoms with Crippen molar-refractivity contribution in [3.8, 4) is 0 Å². The molecule has 4 bridgehead atoms. The first-order valence-corrected chi connectivity index (χ1v) is 14.6. The highest BCUT2D eigenvalue weighted by atomic mass is 35.5. The third-order valence-electron chi connectivity index (χ3n) is 9.00. The van der Waals surface area contributed by atoms with E-state index in [0.717, 1.165) is 33.8 Å². The molecule has 0 spiro atoms. The molecule has 0 saturated heterocycles. The predicted molar refractivity (Wildman–Crippen MR) is 134 cm³/mol. The Kier molecular flexibility index (Phi) is 5.28. The van der Waals surface area contributed by atoms with Crippen LogP contribution in [0.1, 0.15) is 87.6 Å². The number of nitrogens with zero attached hydrogens (tertiary/aromatic N) is 4. The van der Waals surface area contributed by atoms with Gasteiger partial charge in [0.2, 0.25) is 5.91 Å². The minimum Gasteiger partial charge on any atom is -0.332 e. The summed E-state index contributed by atoms with van der Waals surface area (Å²) in [7, 11) is 0. The van der Waals surface area contributed by atoms with Crippen molar-refractivity contribution in [2.24, 2.45) is 17.8 Å². The Labute approximate surface area is 211 Å². The highest BCUT2D eigenvalue weighted by Gasteiger charge is 2.54. The topological polar surface area (TPSA) is 51.0 Å². The fraction of sp³-hybridized carbons (Fsp3) is 0.667. The summed E-state index contributed by atoms with van der Waals surface area (Å²) >= 11 is 7.77. The lowest BCUT2D eigenvalue weighted by Crippen LogP contribution is -2.61. The fourth-order valence-electron chi connectivity index (χ4n) is 7.58. The van der Waals surface area contributed by atoms with Crippen LogP contribution >= 0.6 is 23.4 Å². The summed E-state index contributed by atoms with van der Waals surface area (Å²) in [6.45, 7) is 0.686. The van der Waals surface area contributed by atoms with Crippen molar-refractivity contribution in [3.63, 3.8) is 0 Å². The zero-order chi connectivity index (χ0) is 22.9. The van der Waals surface area contributed by atoms with Gasteiger partial charge in [0, 0.05) is 29.1 Å². The second kappa shape index (κ2) is 8.26. The molecule has 0 atom stereocenters. The van der Waals surface area contributed by atoms with E-state index >= 15 is 0 Å². The van der Waals surface area contributed by atoms with E-state index in [0.29, 0.717) is 24.3 Å². The Bertz CT molecular complexity index is 1060. The largest absolute Gasteiger partial charge is 0.332 e. The summed E-state index contributed by atoms with van der Waals surface area (Å²) in [6, 6.07) is 8.62. The summed E-state index contributed by atoms with van der Waals surface area (Å²) in [5.41, 5.74) is 1.21. The van der Waals surface area contributed by atoms with Gasteiger partial charge < -0.3 is 9.47 Å². The SMILES string of the molecule is O=C(CSc1nnc(C2CC2)n1C1CC1)N(Cc1ccc(Cl)cc1)C12CC3CC(CC(C3)C1)C2. The lowest BCUT2D eigenvalue weighted by Gasteiger charge is -2.60. The molecule has 1 aromatic carbocycles. The Balaban J connectivity index is 1.14. The van der Waals surface area contributed by atoms with E-state index in [1.165, 1.54) is 69.8 Å². The average molecular weight is 497 g/mol. The maximum atomic E-state index is 14.0. The first-order chi connectivity index (χ1) is 16.6. The highest BCUT2D eigenvalue weighted by Crippen LogP contribution is 2.58. The minimum atomic E-state index is 0.0371. The van der Waals surface area contributed by atoms with Crippen LogP contribution in [0.4, 0.5) is 0 Å². The molecule has 34 heavy (non-hydrogen) atoms. The van der Waals surface area contributed by atoms with Gasteiger partial charge in [-0.15, -0.1) is 10.2 Å². The van der Waals surface area contributed by atoms with Crippen LogP contribution in [-0.2, 0) is 11.3 Å². The molecule has 1 heterocycles. The van der Waals surface area contributed by atoms with Gasteiger partial charge in [0.15, 0.2) is 5.16 Å². The predicted octanol–water partition coefficient (Wildman–Crippen LogP) is 6.23. The smallest absolute Gasteiger partial charge is 0.233 e. The summed E-state index contributed by atoms with van der Waals surface area (Å²) in [5.74, 6) is 4.88. The molecule has 6 aliphatic rings. The van der Waals surface area contributed by atoms with Crippen LogP contribution < -0.4 is 0 Å². The Morgan fingerprint density at radius 3 is 2.24 bits per heavy atom. The van der Waals surface area contributed by atoms with Crippen molar-refractivity contribution < 1.29 is 4.79 Å². The van der Waals surface area contributed by atoms with Crippen LogP contribution in [0.25, 0.3) is 0 Å². The van der Waals surface area contributed by atoms with Gasteiger partial charge in [-0.3, -0.25) is 4.79 Å². The summed E-state index contributed by atoms with van der Waals surface area (Å²) in [4.78, 5) is 16.3. The second-order valence-corrected chi connectivity index (χ2v) is 13.1. The molecule has 1 aromatic heterocycles. The molecule has 0 radical (unpaired) electrons. The van der Waals surface area contributed by atoms with E-state index in [2.05, 4.69) is 31.8 Å². The minimum absolute atomic E-state index is 0.0371. The molecule has 2 aromatic rings. The molecule has 180 valence electrons. The monoisotopic (exact) mass is 496 g/mol. The third-order valence-corrected chi connectivity index (χ3v) is 10.2. The van der Waals surface area contributed by atoms with Gasteiger partial charge in [0.05, 0.1) is 5.75 Å². The first kappa shape index (κ1) is 21.7. The zero-order valence-corrected chi connectivity index (χ0v) is 21.2. The van der Waals surface area contributed by atoms with Crippen LogP contribution in [0.2, 0.25) is 5.02 Å². The molecule has 0 aliphatic heterocycles. The Morgan fingerprint density at radius 1 is 1.00 bits per heavy atom. The molecule has 8 rings (SSSR count). The number of carbonyl (C=O) groups excluding carboxylic acids is 1. The van der Waals surface area contributed by atoms with Gasteiger partial charge in [-0.2, -0.15) is 0 Å². The van der Waals surface area contributed by atoms with E-state index in [9.17, 15) is 4.79 Å². The summed E-state index contributed by atoms with van der Waals surface area (Å²) < 4.78 is 2.36. The second-order valence-electron chi connectivity index (χ2n) is 11.8. The van der Waals surface area contributed by atoms with Crippen LogP contribution in [-0.4, -0.2) is 36.9 Å². The normalized spacial score (nSPS) is 31.7. The molecule has 7 heteroatoms. The van der Waals surface area contributed by atoms with E-state index in [-0.39, 0.29) is 11.4 Å². The number of benzene rings is 1. The van der Waals surface area contributed by atoms with Crippen LogP contribution in [0.3, 0.4) is 0 Å². The van der Waals surface area contributed by atoms with Crippen molar-refractivity contribution in [3.05, 3.63) is 40.7 Å². The summed E-state index contributed by atoms with van der Waals surface area (Å²) in [6.07, 6.45) is 12.6. The van der Waals surface area contributed by atoms with E-state index < -0.39 is 0 Å². The van der Waals surface area contributed by atoms with Crippen molar-refractivity contribution in [1.82, 2.24) is 19.7 Å². The van der Waals surface area contributed by atoms with Crippen molar-refractivity contribution >= 4 is 29.3 Å². The molecule has 6 saturated carbocycles. The first-order valence-electron chi connectivity index (χ1n) is 13.2. The number of amides is 1. The number of rotatable bonds is 8. The van der Waals surface area contributed by atoms with Crippen molar-refractivity contribution in [2.75, 3.05) is 5.75 Å². The molecular formula is C27H33ClN4OS. The van der Waals surface area contributed by atoms with E-state index in [1.54, 1.807) is 11.8 Å². The van der Waals surface area contributed by atoms with Gasteiger partial charge in [-0.05, 0) is 99.7 Å². The van der Waals surface area contributed by atoms with Crippen molar-refractivity contribution in [2.45, 2.75) is 93.4 Å². The van der Waals surface area contributed by atoms with Gasteiger partial charge in [0.1, 0.15) is 5.82 Å². The molecule has 0 N–H and O–H groups in total. The Morgan fingerprint density at radius 2 is 1.65 bits per heavy atom. The number of hydrogen-bond donors (Lipinski definition) is 0. The maximum absolute atomic E-state index is 14.0. The number of hydrogen-bond acceptors (Lipinski definition) is 4. The van der Waals surface area contributed by atoms with Crippen molar-refractivity contribution in [1.29, 1.82) is 0 Å². The number of carbonyl (C=O) groups is 1. The fourth-order valence-corrected chi connectivity index (χ4v) is 8.59. The summed E-state index contributed by atoms with van der Waals surface area (Å²) in [5, 5.41) is 10.8. The lowest BCUT2D eigenvalue weighted by atomic mass is 9.52. The van der Waals surface area contributed by atoms with Crippen LogP contribution in [0, 0.1) is 17.8 Å². The van der Waals surface area contributed by atoms with Crippen LogP contribution in [0.15, 0.2) is 29.4 Å². The molecule has 5 nitrogen and oxygen atoms in total. The number of thioether (sulfide) groups is 1. The quantitative estimate of drug-likeness (QED) is 0.406. The maximum Gasteiger partial charge on any atom is 0.233 e. The number of aromatic nitrogens is 3. The Hall–Kier alpha value is -1.53. The van der Waals surface area contributed by atoms with Gasteiger partial charge in [-0.25, -0.2) is 0 Å². The highest BCUT2D eigenvalue weighted by molar-refractivity contribution is 7.99. The molecule has 6 fully saturated rings. The lowest BCUT2D eigenvalue weighted by molar-refractivity contribution is -0.149.